The summed E-state index contributed by atoms with van der Waals surface area (Å²) in [4.78, 5) is 29.8. The summed E-state index contributed by atoms with van der Waals surface area (Å²) in [5.41, 5.74) is -0.333. The van der Waals surface area contributed by atoms with Crippen molar-refractivity contribution in [1.29, 1.82) is 0 Å². The lowest BCUT2D eigenvalue weighted by Crippen LogP contribution is -2.53. The molecule has 1 unspecified atom stereocenters. The molecule has 0 aromatic carbocycles. The van der Waals surface area contributed by atoms with Crippen molar-refractivity contribution in [3.63, 3.8) is 0 Å². The molecular formula is C15H20N2O3. The lowest BCUT2D eigenvalue weighted by Gasteiger charge is -2.34. The summed E-state index contributed by atoms with van der Waals surface area (Å²) in [7, 11) is 0. The molecule has 0 radical (unpaired) electrons. The summed E-state index contributed by atoms with van der Waals surface area (Å²) < 4.78 is 0. The van der Waals surface area contributed by atoms with Gasteiger partial charge in [0.05, 0.1) is 6.42 Å². The highest BCUT2D eigenvalue weighted by Gasteiger charge is 2.48. The van der Waals surface area contributed by atoms with Crippen LogP contribution in [-0.4, -0.2) is 39.0 Å². The summed E-state index contributed by atoms with van der Waals surface area (Å²) in [5, 5.41) is 9.57. The van der Waals surface area contributed by atoms with E-state index in [2.05, 4.69) is 4.98 Å². The topological polar surface area (TPSA) is 70.5 Å². The van der Waals surface area contributed by atoms with E-state index >= 15 is 0 Å². The molecular weight excluding hydrogens is 256 g/mol. The van der Waals surface area contributed by atoms with E-state index in [9.17, 15) is 14.7 Å². The molecule has 1 aromatic rings. The molecule has 5 nitrogen and oxygen atoms in total. The van der Waals surface area contributed by atoms with Crippen LogP contribution in [-0.2, 0) is 16.0 Å². The maximum absolute atomic E-state index is 12.4. The van der Waals surface area contributed by atoms with E-state index in [0.29, 0.717) is 25.1 Å². The molecule has 2 rings (SSSR count). The van der Waals surface area contributed by atoms with Crippen LogP contribution in [0.25, 0.3) is 0 Å². The molecule has 0 aliphatic carbocycles. The van der Waals surface area contributed by atoms with Crippen molar-refractivity contribution in [3.8, 4) is 0 Å². The van der Waals surface area contributed by atoms with Gasteiger partial charge in [-0.3, -0.25) is 9.78 Å². The van der Waals surface area contributed by atoms with Crippen LogP contribution in [0.1, 0.15) is 38.3 Å². The molecule has 1 N–H and O–H groups in total. The fourth-order valence-electron chi connectivity index (χ4n) is 3.00. The Morgan fingerprint density at radius 3 is 2.85 bits per heavy atom. The molecule has 1 atom stereocenters. The average Bonchev–Trinajstić information content (AvgIpc) is 2.85. The minimum atomic E-state index is -1.01. The predicted molar refractivity (Wildman–Crippen MR) is 74.2 cm³/mol. The Hall–Kier alpha value is -1.91. The third kappa shape index (κ3) is 2.66. The zero-order chi connectivity index (χ0) is 14.6. The molecule has 5 heteroatoms. The predicted octanol–water partition coefficient (Wildman–Crippen LogP) is 1.87. The van der Waals surface area contributed by atoms with Crippen molar-refractivity contribution in [2.75, 3.05) is 6.54 Å². The van der Waals surface area contributed by atoms with Gasteiger partial charge in [0.1, 0.15) is 5.54 Å². The normalized spacial score (nSPS) is 21.9. The van der Waals surface area contributed by atoms with Crippen LogP contribution < -0.4 is 0 Å². The van der Waals surface area contributed by atoms with Crippen LogP contribution in [0.2, 0.25) is 0 Å². The fourth-order valence-corrected chi connectivity index (χ4v) is 3.00. The zero-order valence-electron chi connectivity index (χ0n) is 11.7. The molecule has 0 spiro atoms. The van der Waals surface area contributed by atoms with E-state index in [1.165, 1.54) is 0 Å². The number of carboxylic acid groups (broad SMARTS) is 1. The second-order valence-corrected chi connectivity index (χ2v) is 5.23. The molecule has 1 saturated heterocycles. The second kappa shape index (κ2) is 6.03. The number of likely N-dealkylation sites (tertiary alicyclic amines) is 1. The number of carbonyl (C=O) groups is 2. The first-order valence-corrected chi connectivity index (χ1v) is 7.04. The summed E-state index contributed by atoms with van der Waals surface area (Å²) in [6.07, 6.45) is 4.36. The van der Waals surface area contributed by atoms with Gasteiger partial charge < -0.3 is 10.0 Å². The van der Waals surface area contributed by atoms with Gasteiger partial charge in [0, 0.05) is 18.4 Å². The third-order valence-corrected chi connectivity index (χ3v) is 3.91. The highest BCUT2D eigenvalue weighted by Crippen LogP contribution is 2.34. The van der Waals surface area contributed by atoms with Crippen LogP contribution in [0.5, 0.6) is 0 Å². The second-order valence-electron chi connectivity index (χ2n) is 5.23. The van der Waals surface area contributed by atoms with Gasteiger partial charge in [-0.2, -0.15) is 0 Å². The first kappa shape index (κ1) is 14.5. The number of hydrogen-bond donors (Lipinski definition) is 1. The molecule has 2 heterocycles. The van der Waals surface area contributed by atoms with Crippen molar-refractivity contribution in [1.82, 2.24) is 9.88 Å². The van der Waals surface area contributed by atoms with E-state index in [1.54, 1.807) is 23.2 Å². The highest BCUT2D eigenvalue weighted by molar-refractivity contribution is 5.88. The number of pyridine rings is 1. The average molecular weight is 276 g/mol. The van der Waals surface area contributed by atoms with Gasteiger partial charge >= 0.3 is 5.97 Å². The van der Waals surface area contributed by atoms with E-state index in [1.807, 2.05) is 13.0 Å². The van der Waals surface area contributed by atoms with Crippen molar-refractivity contribution >= 4 is 11.9 Å². The Morgan fingerprint density at radius 1 is 1.45 bits per heavy atom. The third-order valence-electron chi connectivity index (χ3n) is 3.91. The molecule has 1 fully saturated rings. The van der Waals surface area contributed by atoms with Crippen LogP contribution in [0, 0.1) is 0 Å². The van der Waals surface area contributed by atoms with Gasteiger partial charge in [0.15, 0.2) is 0 Å². The SMILES string of the molecule is CCCC1(C(=O)O)CCCN1C(=O)Cc1ccccn1. The minimum Gasteiger partial charge on any atom is -0.479 e. The van der Waals surface area contributed by atoms with Crippen LogP contribution in [0.3, 0.4) is 0 Å². The molecule has 1 amide bonds. The standard InChI is InChI=1S/C15H20N2O3/c1-2-7-15(14(19)20)8-5-10-17(15)13(18)11-12-6-3-4-9-16-12/h3-4,6,9H,2,5,7-8,10-11H2,1H3,(H,19,20). The summed E-state index contributed by atoms with van der Waals surface area (Å²) in [5.74, 6) is -1.02. The van der Waals surface area contributed by atoms with E-state index in [-0.39, 0.29) is 12.3 Å². The first-order valence-electron chi connectivity index (χ1n) is 7.04. The van der Waals surface area contributed by atoms with E-state index in [4.69, 9.17) is 0 Å². The minimum absolute atomic E-state index is 0.142. The summed E-state index contributed by atoms with van der Waals surface area (Å²) in [6, 6.07) is 5.41. The molecule has 0 saturated carbocycles. The smallest absolute Gasteiger partial charge is 0.329 e. The maximum Gasteiger partial charge on any atom is 0.329 e. The molecule has 1 aliphatic heterocycles. The van der Waals surface area contributed by atoms with Crippen molar-refractivity contribution in [2.24, 2.45) is 0 Å². The molecule has 108 valence electrons. The van der Waals surface area contributed by atoms with Gasteiger partial charge in [-0.1, -0.05) is 19.4 Å². The van der Waals surface area contributed by atoms with Crippen molar-refractivity contribution in [3.05, 3.63) is 30.1 Å². The lowest BCUT2D eigenvalue weighted by atomic mass is 9.90. The van der Waals surface area contributed by atoms with Crippen LogP contribution >= 0.6 is 0 Å². The van der Waals surface area contributed by atoms with Crippen LogP contribution in [0.4, 0.5) is 0 Å². The maximum atomic E-state index is 12.4. The number of amides is 1. The Kier molecular flexibility index (Phi) is 4.37. The number of carboxylic acids is 1. The largest absolute Gasteiger partial charge is 0.479 e. The monoisotopic (exact) mass is 276 g/mol. The van der Waals surface area contributed by atoms with E-state index in [0.717, 1.165) is 12.8 Å². The van der Waals surface area contributed by atoms with Gasteiger partial charge in [-0.15, -0.1) is 0 Å². The molecule has 1 aromatic heterocycles. The lowest BCUT2D eigenvalue weighted by molar-refractivity contribution is -0.157. The number of nitrogens with zero attached hydrogens (tertiary/aromatic N) is 2. The van der Waals surface area contributed by atoms with Gasteiger partial charge in [0.2, 0.25) is 5.91 Å². The summed E-state index contributed by atoms with van der Waals surface area (Å²) in [6.45, 7) is 2.47. The van der Waals surface area contributed by atoms with E-state index < -0.39 is 11.5 Å². The highest BCUT2D eigenvalue weighted by atomic mass is 16.4. The quantitative estimate of drug-likeness (QED) is 0.891. The Morgan fingerprint density at radius 2 is 2.25 bits per heavy atom. The van der Waals surface area contributed by atoms with Crippen molar-refractivity contribution < 1.29 is 14.7 Å². The van der Waals surface area contributed by atoms with Crippen molar-refractivity contribution in [2.45, 2.75) is 44.6 Å². The number of hydrogen-bond acceptors (Lipinski definition) is 3. The zero-order valence-corrected chi connectivity index (χ0v) is 11.7. The number of aliphatic carboxylic acids is 1. The Bertz CT molecular complexity index is 489. The van der Waals surface area contributed by atoms with Gasteiger partial charge in [0.25, 0.3) is 0 Å². The van der Waals surface area contributed by atoms with Gasteiger partial charge in [-0.05, 0) is 31.4 Å². The van der Waals surface area contributed by atoms with Gasteiger partial charge in [-0.25, -0.2) is 4.79 Å². The first-order chi connectivity index (χ1) is 9.60. The molecule has 1 aliphatic rings. The Balaban J connectivity index is 2.17. The number of aromatic nitrogens is 1. The Labute approximate surface area is 118 Å². The number of rotatable bonds is 5. The van der Waals surface area contributed by atoms with Crippen LogP contribution in [0.15, 0.2) is 24.4 Å². The number of carbonyl (C=O) groups excluding carboxylic acids is 1. The fraction of sp³-hybridized carbons (Fsp3) is 0.533. The summed E-state index contributed by atoms with van der Waals surface area (Å²) >= 11 is 0. The molecule has 20 heavy (non-hydrogen) atoms. The molecule has 0 bridgehead atoms.